The molecule has 218 valence electrons. The number of rotatable bonds is 3. The van der Waals surface area contributed by atoms with Crippen molar-refractivity contribution >= 4 is 81.3 Å². The fourth-order valence-corrected chi connectivity index (χ4v) is 8.99. The lowest BCUT2D eigenvalue weighted by Gasteiger charge is -2.27. The molecule has 46 heavy (non-hydrogen) atoms. The summed E-state index contributed by atoms with van der Waals surface area (Å²) in [7, 11) is 0. The quantitative estimate of drug-likeness (QED) is 0.199. The Bertz CT molecular complexity index is 2680. The Morgan fingerprint density at radius 3 is 2.11 bits per heavy atom. The molecule has 1 aliphatic carbocycles. The lowest BCUT2D eigenvalue weighted by Crippen LogP contribution is -2.15. The van der Waals surface area contributed by atoms with Gasteiger partial charge in [0.25, 0.3) is 0 Å². The summed E-state index contributed by atoms with van der Waals surface area (Å²) in [5, 5.41) is 7.27. The van der Waals surface area contributed by atoms with E-state index in [9.17, 15) is 0 Å². The molecule has 7 aromatic carbocycles. The lowest BCUT2D eigenvalue weighted by atomic mass is 9.82. The van der Waals surface area contributed by atoms with Crippen LogP contribution >= 0.6 is 11.3 Å². The van der Waals surface area contributed by atoms with Gasteiger partial charge in [-0.15, -0.1) is 11.3 Å². The van der Waals surface area contributed by atoms with Gasteiger partial charge in [-0.05, 0) is 87.6 Å². The van der Waals surface area contributed by atoms with Crippen LogP contribution in [0.15, 0.2) is 144 Å². The molecule has 2 nitrogen and oxygen atoms in total. The van der Waals surface area contributed by atoms with Gasteiger partial charge in [-0.2, -0.15) is 0 Å². The topological polar surface area (TPSA) is 16.4 Å². The van der Waals surface area contributed by atoms with Crippen molar-refractivity contribution in [1.82, 2.24) is 0 Å². The SMILES string of the molecule is CC1(C)c2ccc(N(c3ccccc3)c3cc4c5ccccc5oc4c4c3sc3ccccc34)cc2-c2cc3ccccc3cc21. The zero-order chi connectivity index (χ0) is 30.6. The van der Waals surface area contributed by atoms with Crippen LogP contribution in [0.4, 0.5) is 17.1 Å². The van der Waals surface area contributed by atoms with Crippen LogP contribution in [-0.4, -0.2) is 0 Å². The van der Waals surface area contributed by atoms with E-state index in [1.54, 1.807) is 0 Å². The summed E-state index contributed by atoms with van der Waals surface area (Å²) in [5.74, 6) is 0. The minimum absolute atomic E-state index is 0.0852. The van der Waals surface area contributed by atoms with Crippen molar-refractivity contribution in [2.24, 2.45) is 0 Å². The number of thiophene rings is 1. The summed E-state index contributed by atoms with van der Waals surface area (Å²) in [5.41, 5.74) is 10.6. The fraction of sp³-hybridized carbons (Fsp3) is 0.0698. The molecular weight excluding hydrogens is 579 g/mol. The predicted molar refractivity (Wildman–Crippen MR) is 196 cm³/mol. The zero-order valence-corrected chi connectivity index (χ0v) is 26.4. The first-order valence-corrected chi connectivity index (χ1v) is 16.7. The van der Waals surface area contributed by atoms with Crippen molar-refractivity contribution in [3.8, 4) is 11.1 Å². The Hall–Kier alpha value is -5.38. The fourth-order valence-electron chi connectivity index (χ4n) is 7.78. The van der Waals surface area contributed by atoms with Gasteiger partial charge in [0, 0.05) is 43.0 Å². The molecule has 0 fully saturated rings. The van der Waals surface area contributed by atoms with Crippen molar-refractivity contribution in [1.29, 1.82) is 0 Å². The third-order valence-electron chi connectivity index (χ3n) is 10.0. The third kappa shape index (κ3) is 3.52. The van der Waals surface area contributed by atoms with Crippen molar-refractivity contribution in [3.63, 3.8) is 0 Å². The largest absolute Gasteiger partial charge is 0.455 e. The normalized spacial score (nSPS) is 13.6. The molecule has 0 spiro atoms. The molecule has 0 N–H and O–H groups in total. The van der Waals surface area contributed by atoms with Crippen LogP contribution in [0.3, 0.4) is 0 Å². The molecule has 0 atom stereocenters. The molecule has 0 unspecified atom stereocenters. The van der Waals surface area contributed by atoms with Crippen molar-refractivity contribution < 1.29 is 4.42 Å². The van der Waals surface area contributed by atoms with Crippen LogP contribution in [0.2, 0.25) is 0 Å². The van der Waals surface area contributed by atoms with Gasteiger partial charge in [0.05, 0.1) is 10.4 Å². The van der Waals surface area contributed by atoms with Gasteiger partial charge in [-0.3, -0.25) is 0 Å². The van der Waals surface area contributed by atoms with E-state index < -0.39 is 0 Å². The summed E-state index contributed by atoms with van der Waals surface area (Å²) < 4.78 is 9.11. The second-order valence-corrected chi connectivity index (χ2v) is 14.0. The number of nitrogens with zero attached hydrogens (tertiary/aromatic N) is 1. The molecule has 10 rings (SSSR count). The molecule has 0 aliphatic heterocycles. The second-order valence-electron chi connectivity index (χ2n) is 12.9. The van der Waals surface area contributed by atoms with Crippen LogP contribution in [0.25, 0.3) is 64.0 Å². The highest BCUT2D eigenvalue weighted by atomic mass is 32.1. The molecule has 2 aromatic heterocycles. The zero-order valence-electron chi connectivity index (χ0n) is 25.5. The van der Waals surface area contributed by atoms with Crippen molar-refractivity contribution in [3.05, 3.63) is 151 Å². The number of para-hydroxylation sites is 2. The molecule has 0 saturated heterocycles. The summed E-state index contributed by atoms with van der Waals surface area (Å²) >= 11 is 1.84. The van der Waals surface area contributed by atoms with Crippen molar-refractivity contribution in [2.75, 3.05) is 4.90 Å². The standard InChI is InChI=1S/C43H29NOS/c1-43(2)35-21-20-29(24-33(35)32-22-26-12-6-7-13-27(26)23-36(32)43)44(28-14-4-3-5-15-28)37-25-34-30-16-8-10-18-38(30)45-41(34)40-31-17-9-11-19-39(31)46-42(37)40/h3-25H,1-2H3. The van der Waals surface area contributed by atoms with Gasteiger partial charge in [0.1, 0.15) is 11.2 Å². The van der Waals surface area contributed by atoms with E-state index in [4.69, 9.17) is 4.42 Å². The summed E-state index contributed by atoms with van der Waals surface area (Å²) in [6.45, 7) is 4.72. The maximum atomic E-state index is 6.62. The molecule has 0 amide bonds. The van der Waals surface area contributed by atoms with Gasteiger partial charge in [-0.1, -0.05) is 98.8 Å². The molecule has 0 radical (unpaired) electrons. The van der Waals surface area contributed by atoms with Crippen LogP contribution in [-0.2, 0) is 5.41 Å². The predicted octanol–water partition coefficient (Wildman–Crippen LogP) is 12.9. The smallest absolute Gasteiger partial charge is 0.144 e. The van der Waals surface area contributed by atoms with Crippen LogP contribution < -0.4 is 4.90 Å². The summed E-state index contributed by atoms with van der Waals surface area (Å²) in [6, 6.07) is 50.9. The molecule has 3 heteroatoms. The van der Waals surface area contributed by atoms with Gasteiger partial charge in [0.2, 0.25) is 0 Å². The van der Waals surface area contributed by atoms with Gasteiger partial charge < -0.3 is 9.32 Å². The van der Waals surface area contributed by atoms with Crippen LogP contribution in [0.5, 0.6) is 0 Å². The Labute approximate surface area is 270 Å². The minimum atomic E-state index is -0.0852. The number of fused-ring (bicyclic) bond motifs is 11. The first-order valence-electron chi connectivity index (χ1n) is 15.9. The first-order chi connectivity index (χ1) is 22.6. The van der Waals surface area contributed by atoms with E-state index in [-0.39, 0.29) is 5.41 Å². The highest BCUT2D eigenvalue weighted by Gasteiger charge is 2.36. The highest BCUT2D eigenvalue weighted by Crippen LogP contribution is 2.53. The lowest BCUT2D eigenvalue weighted by molar-refractivity contribution is 0.661. The number of benzene rings is 7. The molecule has 0 saturated carbocycles. The highest BCUT2D eigenvalue weighted by molar-refractivity contribution is 7.26. The monoisotopic (exact) mass is 607 g/mol. The number of anilines is 3. The van der Waals surface area contributed by atoms with Gasteiger partial charge in [0.15, 0.2) is 0 Å². The van der Waals surface area contributed by atoms with E-state index in [2.05, 4.69) is 158 Å². The van der Waals surface area contributed by atoms with Gasteiger partial charge >= 0.3 is 0 Å². The molecule has 9 aromatic rings. The van der Waals surface area contributed by atoms with E-state index in [1.165, 1.54) is 53.2 Å². The van der Waals surface area contributed by atoms with Crippen LogP contribution in [0, 0.1) is 0 Å². The summed E-state index contributed by atoms with van der Waals surface area (Å²) in [6.07, 6.45) is 0. The minimum Gasteiger partial charge on any atom is -0.455 e. The van der Waals surface area contributed by atoms with E-state index in [0.717, 1.165) is 39.0 Å². The average Bonchev–Trinajstić information content (AvgIpc) is 3.73. The maximum Gasteiger partial charge on any atom is 0.144 e. The number of hydrogen-bond acceptors (Lipinski definition) is 3. The Kier molecular flexibility index (Phi) is 5.25. The Morgan fingerprint density at radius 2 is 1.26 bits per heavy atom. The van der Waals surface area contributed by atoms with E-state index >= 15 is 0 Å². The Balaban J connectivity index is 1.30. The molecule has 0 bridgehead atoms. The number of furan rings is 1. The maximum absolute atomic E-state index is 6.62. The summed E-state index contributed by atoms with van der Waals surface area (Å²) in [4.78, 5) is 2.45. The first kappa shape index (κ1) is 25.9. The third-order valence-corrected chi connectivity index (χ3v) is 11.2. The molecular formula is C43H29NOS. The molecule has 2 heterocycles. The van der Waals surface area contributed by atoms with E-state index in [0.29, 0.717) is 0 Å². The van der Waals surface area contributed by atoms with Crippen molar-refractivity contribution in [2.45, 2.75) is 19.3 Å². The van der Waals surface area contributed by atoms with Crippen LogP contribution in [0.1, 0.15) is 25.0 Å². The second kappa shape index (κ2) is 9.32. The van der Waals surface area contributed by atoms with Gasteiger partial charge in [-0.25, -0.2) is 0 Å². The average molecular weight is 608 g/mol. The van der Waals surface area contributed by atoms with E-state index in [1.807, 2.05) is 11.3 Å². The molecule has 1 aliphatic rings. The Morgan fingerprint density at radius 1 is 0.565 bits per heavy atom. The number of hydrogen-bond donors (Lipinski definition) is 0.